The number of ether oxygens (including phenoxy) is 1. The van der Waals surface area contributed by atoms with Crippen LogP contribution in [0.15, 0.2) is 0 Å². The van der Waals surface area contributed by atoms with Crippen molar-refractivity contribution in [3.05, 3.63) is 0 Å². The van der Waals surface area contributed by atoms with Crippen molar-refractivity contribution < 1.29 is 9.53 Å². The number of carbonyl (C=O) groups is 1. The van der Waals surface area contributed by atoms with Gasteiger partial charge in [-0.2, -0.15) is 12.6 Å². The summed E-state index contributed by atoms with van der Waals surface area (Å²) in [4.78, 5) is 10.4. The Kier molecular flexibility index (Phi) is 3.72. The second kappa shape index (κ2) is 3.85. The topological polar surface area (TPSA) is 52.3 Å². The first-order valence-corrected chi connectivity index (χ1v) is 4.08. The molecule has 0 saturated carbocycles. The molecule has 2 N–H and O–H groups in total. The largest absolute Gasteiger partial charge is 0.445 e. The highest BCUT2D eigenvalue weighted by atomic mass is 32.1. The van der Waals surface area contributed by atoms with Crippen LogP contribution in [0.5, 0.6) is 0 Å². The van der Waals surface area contributed by atoms with Gasteiger partial charge in [-0.3, -0.25) is 0 Å². The van der Waals surface area contributed by atoms with Crippen molar-refractivity contribution in [2.75, 3.05) is 5.75 Å². The monoisotopic (exact) mass is 177 g/mol. The fourth-order valence-corrected chi connectivity index (χ4v) is 1.25. The lowest BCUT2D eigenvalue weighted by Gasteiger charge is -2.27. The summed E-state index contributed by atoms with van der Waals surface area (Å²) in [5.74, 6) is 0.493. The summed E-state index contributed by atoms with van der Waals surface area (Å²) in [6, 6.07) is 0. The van der Waals surface area contributed by atoms with Crippen molar-refractivity contribution in [2.24, 2.45) is 11.1 Å². The maximum absolute atomic E-state index is 10.4. The summed E-state index contributed by atoms with van der Waals surface area (Å²) >= 11 is 4.05. The second-order valence-corrected chi connectivity index (χ2v) is 3.84. The van der Waals surface area contributed by atoms with E-state index in [-0.39, 0.29) is 11.5 Å². The van der Waals surface area contributed by atoms with E-state index in [0.29, 0.717) is 5.75 Å². The Morgan fingerprint density at radius 3 is 2.18 bits per heavy atom. The molecule has 0 fully saturated rings. The zero-order valence-electron chi connectivity index (χ0n) is 7.13. The quantitative estimate of drug-likeness (QED) is 0.627. The lowest BCUT2D eigenvalue weighted by molar-refractivity contribution is 0.0531. The molecule has 0 aromatic carbocycles. The number of thiol groups is 1. The van der Waals surface area contributed by atoms with E-state index in [1.807, 2.05) is 20.8 Å². The van der Waals surface area contributed by atoms with Gasteiger partial charge in [0, 0.05) is 5.75 Å². The maximum atomic E-state index is 10.4. The van der Waals surface area contributed by atoms with Gasteiger partial charge in [0.15, 0.2) is 0 Å². The number of amides is 1. The molecular weight excluding hydrogens is 162 g/mol. The normalized spacial score (nSPS) is 14.2. The van der Waals surface area contributed by atoms with E-state index in [9.17, 15) is 4.79 Å². The van der Waals surface area contributed by atoms with Crippen LogP contribution in [0.4, 0.5) is 4.79 Å². The third kappa shape index (κ3) is 4.14. The molecule has 0 bridgehead atoms. The molecular formula is C7H15NO2S. The Labute approximate surface area is 72.7 Å². The fourth-order valence-electron chi connectivity index (χ4n) is 0.628. The van der Waals surface area contributed by atoms with E-state index < -0.39 is 6.09 Å². The van der Waals surface area contributed by atoms with Gasteiger partial charge in [-0.25, -0.2) is 4.79 Å². The maximum Gasteiger partial charge on any atom is 0.404 e. The molecule has 1 atom stereocenters. The summed E-state index contributed by atoms with van der Waals surface area (Å²) in [5, 5.41) is 0. The minimum Gasteiger partial charge on any atom is -0.445 e. The van der Waals surface area contributed by atoms with Gasteiger partial charge in [0.25, 0.3) is 0 Å². The van der Waals surface area contributed by atoms with Crippen molar-refractivity contribution in [1.29, 1.82) is 0 Å². The predicted molar refractivity (Wildman–Crippen MR) is 47.8 cm³/mol. The van der Waals surface area contributed by atoms with Crippen LogP contribution in [0, 0.1) is 5.41 Å². The lowest BCUT2D eigenvalue weighted by atomic mass is 9.90. The Balaban J connectivity index is 4.07. The lowest BCUT2D eigenvalue weighted by Crippen LogP contribution is -2.35. The first-order chi connectivity index (χ1) is 4.88. The second-order valence-electron chi connectivity index (χ2n) is 3.47. The molecule has 0 aromatic rings. The number of hydrogen-bond donors (Lipinski definition) is 2. The van der Waals surface area contributed by atoms with E-state index in [1.54, 1.807) is 0 Å². The summed E-state index contributed by atoms with van der Waals surface area (Å²) < 4.78 is 4.83. The molecule has 0 aliphatic rings. The molecule has 1 unspecified atom stereocenters. The van der Waals surface area contributed by atoms with Gasteiger partial charge in [0.1, 0.15) is 6.10 Å². The van der Waals surface area contributed by atoms with Gasteiger partial charge in [-0.1, -0.05) is 20.8 Å². The molecule has 0 saturated heterocycles. The third-order valence-corrected chi connectivity index (χ3v) is 1.72. The molecule has 3 nitrogen and oxygen atoms in total. The molecule has 0 heterocycles. The molecule has 0 aromatic heterocycles. The number of rotatable bonds is 2. The average Bonchev–Trinajstić information content (AvgIpc) is 1.79. The molecule has 0 aliphatic heterocycles. The van der Waals surface area contributed by atoms with Crippen LogP contribution in [-0.4, -0.2) is 18.0 Å². The first kappa shape index (κ1) is 10.6. The number of carbonyl (C=O) groups excluding carboxylic acids is 1. The van der Waals surface area contributed by atoms with Gasteiger partial charge >= 0.3 is 6.09 Å². The van der Waals surface area contributed by atoms with Crippen molar-refractivity contribution in [3.8, 4) is 0 Å². The van der Waals surface area contributed by atoms with E-state index >= 15 is 0 Å². The van der Waals surface area contributed by atoms with Gasteiger partial charge < -0.3 is 10.5 Å². The summed E-state index contributed by atoms with van der Waals surface area (Å²) in [7, 11) is 0. The Morgan fingerprint density at radius 1 is 1.64 bits per heavy atom. The zero-order valence-corrected chi connectivity index (χ0v) is 8.02. The molecule has 0 aliphatic carbocycles. The minimum absolute atomic E-state index is 0.100. The van der Waals surface area contributed by atoms with Crippen LogP contribution in [0.1, 0.15) is 20.8 Å². The van der Waals surface area contributed by atoms with E-state index in [2.05, 4.69) is 12.6 Å². The summed E-state index contributed by atoms with van der Waals surface area (Å²) in [6.45, 7) is 5.91. The van der Waals surface area contributed by atoms with Crippen molar-refractivity contribution in [2.45, 2.75) is 26.9 Å². The fraction of sp³-hybridized carbons (Fsp3) is 0.857. The van der Waals surface area contributed by atoms with Gasteiger partial charge in [0.05, 0.1) is 0 Å². The minimum atomic E-state index is -0.737. The molecule has 66 valence electrons. The standard InChI is InChI=1S/C7H15NO2S/c1-7(2,3)5(4-11)10-6(8)9/h5,11H,4H2,1-3H3,(H2,8,9). The molecule has 11 heavy (non-hydrogen) atoms. The third-order valence-electron chi connectivity index (χ3n) is 1.39. The van der Waals surface area contributed by atoms with Crippen LogP contribution >= 0.6 is 12.6 Å². The van der Waals surface area contributed by atoms with Crippen LogP contribution in [0.2, 0.25) is 0 Å². The Hall–Kier alpha value is -0.380. The van der Waals surface area contributed by atoms with E-state index in [0.717, 1.165) is 0 Å². The van der Waals surface area contributed by atoms with Crippen LogP contribution in [0.3, 0.4) is 0 Å². The summed E-state index contributed by atoms with van der Waals surface area (Å²) in [5.41, 5.74) is 4.77. The number of hydrogen-bond acceptors (Lipinski definition) is 3. The van der Waals surface area contributed by atoms with Gasteiger partial charge in [-0.15, -0.1) is 0 Å². The Morgan fingerprint density at radius 2 is 2.09 bits per heavy atom. The number of nitrogens with two attached hydrogens (primary N) is 1. The highest BCUT2D eigenvalue weighted by molar-refractivity contribution is 7.80. The summed E-state index contributed by atoms with van der Waals surface area (Å²) in [6.07, 6.45) is -0.956. The van der Waals surface area contributed by atoms with E-state index in [4.69, 9.17) is 10.5 Å². The van der Waals surface area contributed by atoms with Gasteiger partial charge in [-0.05, 0) is 5.41 Å². The molecule has 0 radical (unpaired) electrons. The molecule has 1 amide bonds. The highest BCUT2D eigenvalue weighted by Gasteiger charge is 2.25. The van der Waals surface area contributed by atoms with Gasteiger partial charge in [0.2, 0.25) is 0 Å². The van der Waals surface area contributed by atoms with Crippen molar-refractivity contribution >= 4 is 18.7 Å². The van der Waals surface area contributed by atoms with E-state index in [1.165, 1.54) is 0 Å². The smallest absolute Gasteiger partial charge is 0.404 e. The number of primary amides is 1. The van der Waals surface area contributed by atoms with Crippen LogP contribution in [-0.2, 0) is 4.74 Å². The average molecular weight is 177 g/mol. The highest BCUT2D eigenvalue weighted by Crippen LogP contribution is 2.22. The zero-order chi connectivity index (χ0) is 9.07. The predicted octanol–water partition coefficient (Wildman–Crippen LogP) is 1.43. The van der Waals surface area contributed by atoms with Crippen molar-refractivity contribution in [1.82, 2.24) is 0 Å². The Bertz CT molecular complexity index is 142. The molecule has 0 rings (SSSR count). The molecule has 0 spiro atoms. The molecule has 4 heteroatoms. The first-order valence-electron chi connectivity index (χ1n) is 3.45. The SMILES string of the molecule is CC(C)(C)C(CS)OC(N)=O. The van der Waals surface area contributed by atoms with Crippen LogP contribution in [0.25, 0.3) is 0 Å². The van der Waals surface area contributed by atoms with Crippen LogP contribution < -0.4 is 5.73 Å². The van der Waals surface area contributed by atoms with Crippen molar-refractivity contribution in [3.63, 3.8) is 0 Å².